The number of carbonyl (C=O) groups excluding carboxylic acids is 2. The number of nitrogens with one attached hydrogen (secondary N) is 2. The molecule has 0 aromatic heterocycles. The molecule has 0 spiro atoms. The molecule has 2 saturated heterocycles. The molecule has 3 rings (SSSR count). The monoisotopic (exact) mass is 434 g/mol. The van der Waals surface area contributed by atoms with Gasteiger partial charge >= 0.3 is 5.97 Å². The Labute approximate surface area is 177 Å². The molecular weight excluding hydrogens is 412 g/mol. The Morgan fingerprint density at radius 1 is 1.40 bits per heavy atom. The number of amidine groups is 1. The third-order valence-corrected chi connectivity index (χ3v) is 5.38. The maximum Gasteiger partial charge on any atom is 0.305 e. The molecule has 10 nitrogen and oxygen atoms in total. The molecule has 0 aliphatic carbocycles. The van der Waals surface area contributed by atoms with E-state index in [0.29, 0.717) is 17.9 Å². The number of benzene rings is 1. The largest absolute Gasteiger partial charge is 0.483 e. The molecule has 30 heavy (non-hydrogen) atoms. The number of ether oxygens (including phenoxy) is 2. The van der Waals surface area contributed by atoms with Gasteiger partial charge in [0.2, 0.25) is 5.91 Å². The summed E-state index contributed by atoms with van der Waals surface area (Å²) < 4.78 is 11.0. The molecule has 0 saturated carbocycles. The molecule has 160 valence electrons. The van der Waals surface area contributed by atoms with Crippen molar-refractivity contribution < 1.29 is 29.0 Å². The molecule has 11 heteroatoms. The van der Waals surface area contributed by atoms with Crippen LogP contribution in [-0.2, 0) is 19.1 Å². The number of carboxylic acid groups (broad SMARTS) is 1. The van der Waals surface area contributed by atoms with Crippen LogP contribution in [0.4, 0.5) is 0 Å². The van der Waals surface area contributed by atoms with Crippen molar-refractivity contribution in [2.75, 3.05) is 19.8 Å². The van der Waals surface area contributed by atoms with Crippen LogP contribution in [0.3, 0.4) is 0 Å². The van der Waals surface area contributed by atoms with Crippen molar-refractivity contribution in [2.24, 2.45) is 10.2 Å². The molecule has 3 N–H and O–H groups in total. The number of carbonyl (C=O) groups is 3. The molecule has 1 aromatic carbocycles. The molecule has 2 amide bonds. The summed E-state index contributed by atoms with van der Waals surface area (Å²) in [6.07, 6.45) is 3.17. The van der Waals surface area contributed by atoms with Crippen LogP contribution < -0.4 is 15.4 Å². The van der Waals surface area contributed by atoms with E-state index < -0.39 is 17.1 Å². The number of amides is 2. The average molecular weight is 434 g/mol. The van der Waals surface area contributed by atoms with Crippen molar-refractivity contribution >= 4 is 40.9 Å². The van der Waals surface area contributed by atoms with Crippen LogP contribution in [0.15, 0.2) is 34.5 Å². The van der Waals surface area contributed by atoms with Crippen LogP contribution >= 0.6 is 11.8 Å². The summed E-state index contributed by atoms with van der Waals surface area (Å²) in [4.78, 5) is 34.4. The molecule has 2 aliphatic heterocycles. The lowest BCUT2D eigenvalue weighted by atomic mass is 10.2. The fraction of sp³-hybridized carbons (Fsp3) is 0.421. The molecule has 0 bridgehead atoms. The molecule has 0 radical (unpaired) electrons. The van der Waals surface area contributed by atoms with Gasteiger partial charge in [-0.2, -0.15) is 5.10 Å². The molecule has 2 aliphatic rings. The molecule has 2 unspecified atom stereocenters. The van der Waals surface area contributed by atoms with E-state index in [2.05, 4.69) is 20.8 Å². The SMILES string of the molecule is O=C(O)CC1SC(=NN=Cc2ccccc2OCC(=O)NCC2CCCO2)NC1=O. The van der Waals surface area contributed by atoms with Gasteiger partial charge in [0, 0.05) is 18.7 Å². The third-order valence-electron chi connectivity index (χ3n) is 4.31. The maximum absolute atomic E-state index is 12.0. The predicted octanol–water partition coefficient (Wildman–Crippen LogP) is 0.757. The first-order valence-electron chi connectivity index (χ1n) is 9.41. The third kappa shape index (κ3) is 6.56. The number of nitrogens with zero attached hydrogens (tertiary/aromatic N) is 2. The van der Waals surface area contributed by atoms with E-state index in [-0.39, 0.29) is 30.2 Å². The Hall–Kier alpha value is -2.92. The predicted molar refractivity (Wildman–Crippen MR) is 111 cm³/mol. The maximum atomic E-state index is 12.0. The van der Waals surface area contributed by atoms with Crippen molar-refractivity contribution in [3.8, 4) is 5.75 Å². The van der Waals surface area contributed by atoms with Gasteiger partial charge < -0.3 is 25.2 Å². The van der Waals surface area contributed by atoms with Crippen LogP contribution in [0.5, 0.6) is 5.75 Å². The normalized spacial score (nSPS) is 22.4. The Bertz CT molecular complexity index is 853. The van der Waals surface area contributed by atoms with Gasteiger partial charge in [0.1, 0.15) is 11.0 Å². The minimum absolute atomic E-state index is 0.0662. The highest BCUT2D eigenvalue weighted by Gasteiger charge is 2.32. The standard InChI is InChI=1S/C19H22N4O6S/c24-16(20-10-13-5-3-7-28-13)11-29-14-6-2-1-4-12(14)9-21-23-19-22-18(27)15(30-19)8-17(25)26/h1-2,4,6,9,13,15H,3,5,7-8,10-11H2,(H,20,24)(H,25,26)(H,22,23,27). The highest BCUT2D eigenvalue weighted by atomic mass is 32.2. The minimum Gasteiger partial charge on any atom is -0.483 e. The van der Waals surface area contributed by atoms with Crippen molar-refractivity contribution in [1.29, 1.82) is 0 Å². The van der Waals surface area contributed by atoms with E-state index in [0.717, 1.165) is 31.2 Å². The summed E-state index contributed by atoms with van der Waals surface area (Å²) in [5.74, 6) is -1.25. The van der Waals surface area contributed by atoms with Crippen molar-refractivity contribution in [3.05, 3.63) is 29.8 Å². The number of carboxylic acids is 1. The van der Waals surface area contributed by atoms with Crippen LogP contribution in [0.2, 0.25) is 0 Å². The van der Waals surface area contributed by atoms with Gasteiger partial charge in [-0.05, 0) is 25.0 Å². The van der Waals surface area contributed by atoms with E-state index >= 15 is 0 Å². The molecule has 2 atom stereocenters. The second kappa shape index (κ2) is 10.7. The summed E-state index contributed by atoms with van der Waals surface area (Å²) in [5, 5.41) is 21.4. The van der Waals surface area contributed by atoms with Crippen LogP contribution in [0.25, 0.3) is 0 Å². The summed E-state index contributed by atoms with van der Waals surface area (Å²) in [7, 11) is 0. The van der Waals surface area contributed by atoms with Crippen LogP contribution in [0, 0.1) is 0 Å². The summed E-state index contributed by atoms with van der Waals surface area (Å²) in [6.45, 7) is 1.06. The number of aliphatic carboxylic acids is 1. The quantitative estimate of drug-likeness (QED) is 0.385. The second-order valence-electron chi connectivity index (χ2n) is 6.61. The van der Waals surface area contributed by atoms with Crippen molar-refractivity contribution in [3.63, 3.8) is 0 Å². The zero-order valence-electron chi connectivity index (χ0n) is 16.1. The number of hydrogen-bond acceptors (Lipinski definition) is 8. The van der Waals surface area contributed by atoms with E-state index in [9.17, 15) is 14.4 Å². The van der Waals surface area contributed by atoms with Gasteiger partial charge in [0.05, 0.1) is 18.7 Å². The molecular formula is C19H22N4O6S. The first kappa shape index (κ1) is 21.8. The van der Waals surface area contributed by atoms with E-state index in [1.165, 1.54) is 6.21 Å². The fourth-order valence-corrected chi connectivity index (χ4v) is 3.75. The molecule has 1 aromatic rings. The number of thioether (sulfide) groups is 1. The van der Waals surface area contributed by atoms with Gasteiger partial charge in [0.25, 0.3) is 5.91 Å². The highest BCUT2D eigenvalue weighted by molar-refractivity contribution is 8.15. The van der Waals surface area contributed by atoms with Gasteiger partial charge in [-0.15, -0.1) is 5.10 Å². The van der Waals surface area contributed by atoms with E-state index in [4.69, 9.17) is 14.6 Å². The lowest BCUT2D eigenvalue weighted by molar-refractivity contribution is -0.138. The highest BCUT2D eigenvalue weighted by Crippen LogP contribution is 2.22. The van der Waals surface area contributed by atoms with Crippen LogP contribution in [0.1, 0.15) is 24.8 Å². The zero-order chi connectivity index (χ0) is 21.3. The first-order valence-corrected chi connectivity index (χ1v) is 10.3. The summed E-state index contributed by atoms with van der Waals surface area (Å²) in [5.41, 5.74) is 0.602. The Kier molecular flexibility index (Phi) is 7.80. The van der Waals surface area contributed by atoms with Gasteiger partial charge in [-0.1, -0.05) is 23.9 Å². The Balaban J connectivity index is 1.51. The van der Waals surface area contributed by atoms with E-state index in [1.807, 2.05) is 0 Å². The lowest BCUT2D eigenvalue weighted by Crippen LogP contribution is -2.35. The van der Waals surface area contributed by atoms with Crippen molar-refractivity contribution in [1.82, 2.24) is 10.6 Å². The van der Waals surface area contributed by atoms with E-state index in [1.54, 1.807) is 24.3 Å². The summed E-state index contributed by atoms with van der Waals surface area (Å²) in [6, 6.07) is 7.01. The van der Waals surface area contributed by atoms with Gasteiger partial charge in [0.15, 0.2) is 11.8 Å². The smallest absolute Gasteiger partial charge is 0.305 e. The van der Waals surface area contributed by atoms with Gasteiger partial charge in [-0.3, -0.25) is 14.4 Å². The lowest BCUT2D eigenvalue weighted by Gasteiger charge is -2.12. The summed E-state index contributed by atoms with van der Waals surface area (Å²) >= 11 is 1.02. The number of hydrogen-bond donors (Lipinski definition) is 3. The topological polar surface area (TPSA) is 139 Å². The first-order chi connectivity index (χ1) is 14.5. The Morgan fingerprint density at radius 2 is 2.23 bits per heavy atom. The fourth-order valence-electron chi connectivity index (χ4n) is 2.83. The number of para-hydroxylation sites is 1. The molecule has 2 fully saturated rings. The Morgan fingerprint density at radius 3 is 3.00 bits per heavy atom. The average Bonchev–Trinajstić information content (AvgIpc) is 3.35. The minimum atomic E-state index is -1.06. The second-order valence-corrected chi connectivity index (χ2v) is 7.80. The van der Waals surface area contributed by atoms with Crippen molar-refractivity contribution in [2.45, 2.75) is 30.6 Å². The van der Waals surface area contributed by atoms with Gasteiger partial charge in [-0.25, -0.2) is 0 Å². The molecule has 2 heterocycles. The zero-order valence-corrected chi connectivity index (χ0v) is 16.9. The number of rotatable bonds is 9. The van der Waals surface area contributed by atoms with Crippen LogP contribution in [-0.4, -0.2) is 65.4 Å².